The predicted octanol–water partition coefficient (Wildman–Crippen LogP) is 3.59. The van der Waals surface area contributed by atoms with Crippen LogP contribution in [0.4, 0.5) is 4.39 Å². The SMILES string of the molecule is O=Cc1cccnc1Oc1ccc(F)cc1Br. The number of rotatable bonds is 3. The summed E-state index contributed by atoms with van der Waals surface area (Å²) in [6, 6.07) is 7.23. The molecule has 17 heavy (non-hydrogen) atoms. The van der Waals surface area contributed by atoms with Crippen LogP contribution in [0.5, 0.6) is 11.6 Å². The van der Waals surface area contributed by atoms with Crippen LogP contribution in [0.1, 0.15) is 10.4 Å². The maximum atomic E-state index is 12.9. The van der Waals surface area contributed by atoms with E-state index in [9.17, 15) is 9.18 Å². The van der Waals surface area contributed by atoms with Gasteiger partial charge in [-0.3, -0.25) is 4.79 Å². The molecule has 0 saturated heterocycles. The molecule has 0 aliphatic heterocycles. The summed E-state index contributed by atoms with van der Waals surface area (Å²) in [5, 5.41) is 0. The van der Waals surface area contributed by atoms with E-state index in [1.807, 2.05) is 0 Å². The molecule has 1 heterocycles. The van der Waals surface area contributed by atoms with Crippen LogP contribution in [-0.2, 0) is 0 Å². The van der Waals surface area contributed by atoms with Crippen LogP contribution in [0.15, 0.2) is 41.0 Å². The van der Waals surface area contributed by atoms with E-state index in [-0.39, 0.29) is 11.7 Å². The minimum Gasteiger partial charge on any atom is -0.437 e. The van der Waals surface area contributed by atoms with Crippen LogP contribution < -0.4 is 4.74 Å². The lowest BCUT2D eigenvalue weighted by Gasteiger charge is -2.07. The second-order valence-electron chi connectivity index (χ2n) is 3.19. The summed E-state index contributed by atoms with van der Waals surface area (Å²) < 4.78 is 18.8. The van der Waals surface area contributed by atoms with Crippen LogP contribution in [0.3, 0.4) is 0 Å². The maximum Gasteiger partial charge on any atom is 0.229 e. The molecule has 0 amide bonds. The van der Waals surface area contributed by atoms with Gasteiger partial charge in [-0.05, 0) is 46.3 Å². The molecule has 2 rings (SSSR count). The van der Waals surface area contributed by atoms with Gasteiger partial charge in [-0.2, -0.15) is 0 Å². The zero-order chi connectivity index (χ0) is 12.3. The number of benzene rings is 1. The standard InChI is InChI=1S/C12H7BrFNO2/c13-10-6-9(14)3-4-11(10)17-12-8(7-16)2-1-5-15-12/h1-7H. The van der Waals surface area contributed by atoms with E-state index in [1.165, 1.54) is 24.4 Å². The van der Waals surface area contributed by atoms with E-state index in [1.54, 1.807) is 12.1 Å². The lowest BCUT2D eigenvalue weighted by atomic mass is 10.3. The largest absolute Gasteiger partial charge is 0.437 e. The van der Waals surface area contributed by atoms with Gasteiger partial charge in [-0.1, -0.05) is 0 Å². The average molecular weight is 296 g/mol. The monoisotopic (exact) mass is 295 g/mol. The Hall–Kier alpha value is -1.75. The average Bonchev–Trinajstić information content (AvgIpc) is 2.33. The highest BCUT2D eigenvalue weighted by Gasteiger charge is 2.08. The van der Waals surface area contributed by atoms with Crippen LogP contribution in [0, 0.1) is 5.82 Å². The summed E-state index contributed by atoms with van der Waals surface area (Å²) in [5.41, 5.74) is 0.337. The molecule has 86 valence electrons. The molecule has 0 radical (unpaired) electrons. The molecule has 0 unspecified atom stereocenters. The molecule has 0 atom stereocenters. The number of hydrogen-bond donors (Lipinski definition) is 0. The van der Waals surface area contributed by atoms with Crippen molar-refractivity contribution < 1.29 is 13.9 Å². The predicted molar refractivity (Wildman–Crippen MR) is 63.8 cm³/mol. The Morgan fingerprint density at radius 1 is 1.35 bits per heavy atom. The number of carbonyl (C=O) groups is 1. The van der Waals surface area contributed by atoms with Crippen LogP contribution in [-0.4, -0.2) is 11.3 Å². The zero-order valence-corrected chi connectivity index (χ0v) is 10.1. The molecule has 0 aliphatic rings. The van der Waals surface area contributed by atoms with Gasteiger partial charge in [-0.15, -0.1) is 0 Å². The minimum absolute atomic E-state index is 0.190. The van der Waals surface area contributed by atoms with Gasteiger partial charge in [0.15, 0.2) is 6.29 Å². The van der Waals surface area contributed by atoms with Gasteiger partial charge in [0, 0.05) is 6.20 Å². The van der Waals surface area contributed by atoms with Gasteiger partial charge < -0.3 is 4.74 Å². The second kappa shape index (κ2) is 5.05. The summed E-state index contributed by atoms with van der Waals surface area (Å²) in [7, 11) is 0. The number of hydrogen-bond acceptors (Lipinski definition) is 3. The van der Waals surface area contributed by atoms with Gasteiger partial charge in [-0.25, -0.2) is 9.37 Å². The Morgan fingerprint density at radius 2 is 2.18 bits per heavy atom. The van der Waals surface area contributed by atoms with E-state index in [0.717, 1.165) is 0 Å². The van der Waals surface area contributed by atoms with E-state index in [4.69, 9.17) is 4.74 Å². The molecular formula is C12H7BrFNO2. The number of aromatic nitrogens is 1. The Morgan fingerprint density at radius 3 is 2.88 bits per heavy atom. The van der Waals surface area contributed by atoms with Gasteiger partial charge in [0.2, 0.25) is 5.88 Å². The molecule has 0 saturated carbocycles. The van der Waals surface area contributed by atoms with Gasteiger partial charge in [0.25, 0.3) is 0 Å². The van der Waals surface area contributed by atoms with Crippen molar-refractivity contribution in [3.8, 4) is 11.6 Å². The Labute approximate surface area is 105 Å². The first-order chi connectivity index (χ1) is 8.20. The van der Waals surface area contributed by atoms with E-state index in [2.05, 4.69) is 20.9 Å². The molecule has 0 spiro atoms. The first-order valence-corrected chi connectivity index (χ1v) is 5.53. The molecule has 3 nitrogen and oxygen atoms in total. The van der Waals surface area contributed by atoms with E-state index < -0.39 is 0 Å². The summed E-state index contributed by atoms with van der Waals surface area (Å²) in [6.45, 7) is 0. The van der Waals surface area contributed by atoms with E-state index in [0.29, 0.717) is 22.1 Å². The summed E-state index contributed by atoms with van der Waals surface area (Å²) in [6.07, 6.45) is 2.17. The molecule has 1 aromatic carbocycles. The Kier molecular flexibility index (Phi) is 3.49. The number of ether oxygens (including phenoxy) is 1. The van der Waals surface area contributed by atoms with Gasteiger partial charge in [0.1, 0.15) is 11.6 Å². The number of carbonyl (C=O) groups excluding carboxylic acids is 1. The van der Waals surface area contributed by atoms with Crippen molar-refractivity contribution >= 4 is 22.2 Å². The molecular weight excluding hydrogens is 289 g/mol. The Bertz CT molecular complexity index is 560. The Balaban J connectivity index is 2.34. The lowest BCUT2D eigenvalue weighted by molar-refractivity contribution is 0.112. The normalized spacial score (nSPS) is 10.0. The molecule has 5 heteroatoms. The third kappa shape index (κ3) is 2.68. The second-order valence-corrected chi connectivity index (χ2v) is 4.05. The van der Waals surface area contributed by atoms with Crippen LogP contribution in [0.25, 0.3) is 0 Å². The van der Waals surface area contributed by atoms with E-state index >= 15 is 0 Å². The summed E-state index contributed by atoms with van der Waals surface area (Å²) in [5.74, 6) is 0.212. The molecule has 0 bridgehead atoms. The maximum absolute atomic E-state index is 12.9. The first-order valence-electron chi connectivity index (χ1n) is 4.74. The third-order valence-electron chi connectivity index (χ3n) is 2.03. The van der Waals surface area contributed by atoms with Gasteiger partial charge in [0.05, 0.1) is 10.0 Å². The summed E-state index contributed by atoms with van der Waals surface area (Å²) >= 11 is 3.17. The van der Waals surface area contributed by atoms with Crippen molar-refractivity contribution in [2.24, 2.45) is 0 Å². The zero-order valence-electron chi connectivity index (χ0n) is 8.56. The molecule has 0 N–H and O–H groups in total. The fourth-order valence-electron chi connectivity index (χ4n) is 1.24. The minimum atomic E-state index is -0.374. The van der Waals surface area contributed by atoms with Crippen LogP contribution >= 0.6 is 15.9 Å². The fourth-order valence-corrected chi connectivity index (χ4v) is 1.67. The number of aldehydes is 1. The molecule has 1 aromatic heterocycles. The fraction of sp³-hybridized carbons (Fsp3) is 0. The molecule has 0 aliphatic carbocycles. The summed E-state index contributed by atoms with van der Waals surface area (Å²) in [4.78, 5) is 14.7. The number of nitrogens with zero attached hydrogens (tertiary/aromatic N) is 1. The topological polar surface area (TPSA) is 39.2 Å². The first kappa shape index (κ1) is 11.7. The van der Waals surface area contributed by atoms with Crippen molar-refractivity contribution in [2.75, 3.05) is 0 Å². The number of pyridine rings is 1. The highest BCUT2D eigenvalue weighted by molar-refractivity contribution is 9.10. The van der Waals surface area contributed by atoms with Gasteiger partial charge >= 0.3 is 0 Å². The smallest absolute Gasteiger partial charge is 0.229 e. The molecule has 2 aromatic rings. The van der Waals surface area contributed by atoms with Crippen LogP contribution in [0.2, 0.25) is 0 Å². The highest BCUT2D eigenvalue weighted by Crippen LogP contribution is 2.30. The highest BCUT2D eigenvalue weighted by atomic mass is 79.9. The van der Waals surface area contributed by atoms with Crippen molar-refractivity contribution in [1.29, 1.82) is 0 Å². The van der Waals surface area contributed by atoms with Crippen molar-refractivity contribution in [3.05, 3.63) is 52.4 Å². The van der Waals surface area contributed by atoms with Crippen molar-refractivity contribution in [1.82, 2.24) is 4.98 Å². The number of halogens is 2. The lowest BCUT2D eigenvalue weighted by Crippen LogP contribution is -1.94. The molecule has 0 fully saturated rings. The van der Waals surface area contributed by atoms with Crippen molar-refractivity contribution in [3.63, 3.8) is 0 Å². The van der Waals surface area contributed by atoms with Crippen molar-refractivity contribution in [2.45, 2.75) is 0 Å². The third-order valence-corrected chi connectivity index (χ3v) is 2.65. The quantitative estimate of drug-likeness (QED) is 0.813.